The Bertz CT molecular complexity index is 828. The van der Waals surface area contributed by atoms with E-state index in [1.807, 2.05) is 0 Å². The average Bonchev–Trinajstić information content (AvgIpc) is 2.90. The molecule has 0 saturated heterocycles. The summed E-state index contributed by atoms with van der Waals surface area (Å²) in [6.07, 6.45) is 5.11. The lowest BCUT2D eigenvalue weighted by Gasteiger charge is -2.26. The largest absolute Gasteiger partial charge is 0.307 e. The molecule has 0 radical (unpaired) electrons. The van der Waals surface area contributed by atoms with Gasteiger partial charge in [0.05, 0.1) is 12.4 Å². The summed E-state index contributed by atoms with van der Waals surface area (Å²) < 4.78 is 2.06. The Morgan fingerprint density at radius 1 is 1.14 bits per heavy atom. The number of aryl methyl sites for hydroxylation is 1. The number of halogens is 2. The Hall–Kier alpha value is -1.65. The Labute approximate surface area is 131 Å². The lowest BCUT2D eigenvalue weighted by molar-refractivity contribution is 0.497. The number of hydrogen-bond donors (Lipinski definition) is 0. The van der Waals surface area contributed by atoms with Crippen LogP contribution >= 0.6 is 23.2 Å². The molecule has 0 N–H and O–H groups in total. The van der Waals surface area contributed by atoms with E-state index in [4.69, 9.17) is 23.2 Å². The highest BCUT2D eigenvalue weighted by Crippen LogP contribution is 2.35. The van der Waals surface area contributed by atoms with E-state index in [1.54, 1.807) is 6.33 Å². The molecular formula is C15H12Cl2N4. The van der Waals surface area contributed by atoms with E-state index in [9.17, 15) is 0 Å². The fraction of sp³-hybridized carbons (Fsp3) is 0.267. The van der Waals surface area contributed by atoms with Crippen LogP contribution in [0.1, 0.15) is 30.0 Å². The van der Waals surface area contributed by atoms with Crippen molar-refractivity contribution in [2.45, 2.75) is 25.3 Å². The second kappa shape index (κ2) is 4.97. The van der Waals surface area contributed by atoms with Gasteiger partial charge in [0, 0.05) is 0 Å². The molecule has 3 aromatic rings. The molecule has 1 aliphatic carbocycles. The minimum atomic E-state index is 0.151. The smallest absolute Gasteiger partial charge is 0.225 e. The van der Waals surface area contributed by atoms with Crippen LogP contribution in [0, 0.1) is 0 Å². The number of nitrogens with zero attached hydrogens (tertiary/aromatic N) is 4. The molecule has 0 spiro atoms. The summed E-state index contributed by atoms with van der Waals surface area (Å²) in [5, 5.41) is 0.450. The second-order valence-corrected chi connectivity index (χ2v) is 5.91. The lowest BCUT2D eigenvalue weighted by Crippen LogP contribution is -2.17. The van der Waals surface area contributed by atoms with Crippen molar-refractivity contribution in [1.82, 2.24) is 19.5 Å². The van der Waals surface area contributed by atoms with Crippen LogP contribution in [-0.4, -0.2) is 19.5 Å². The molecule has 2 heterocycles. The van der Waals surface area contributed by atoms with Gasteiger partial charge in [0.25, 0.3) is 0 Å². The van der Waals surface area contributed by atoms with Gasteiger partial charge in [-0.1, -0.05) is 35.9 Å². The summed E-state index contributed by atoms with van der Waals surface area (Å²) in [6.45, 7) is 0. The van der Waals surface area contributed by atoms with E-state index in [0.29, 0.717) is 16.3 Å². The number of imidazole rings is 1. The number of fused-ring (bicyclic) bond motifs is 2. The van der Waals surface area contributed by atoms with Crippen molar-refractivity contribution in [2.75, 3.05) is 0 Å². The quantitative estimate of drug-likeness (QED) is 0.502. The summed E-state index contributed by atoms with van der Waals surface area (Å²) in [7, 11) is 0. The van der Waals surface area contributed by atoms with E-state index in [2.05, 4.69) is 43.8 Å². The summed E-state index contributed by atoms with van der Waals surface area (Å²) in [6, 6.07) is 8.75. The van der Waals surface area contributed by atoms with Gasteiger partial charge in [-0.05, 0) is 42.0 Å². The zero-order valence-electron chi connectivity index (χ0n) is 11.1. The molecule has 0 amide bonds. The van der Waals surface area contributed by atoms with Gasteiger partial charge in [-0.2, -0.15) is 4.98 Å². The van der Waals surface area contributed by atoms with Crippen LogP contribution in [0.2, 0.25) is 10.4 Å². The molecule has 21 heavy (non-hydrogen) atoms. The third kappa shape index (κ3) is 2.10. The van der Waals surface area contributed by atoms with Crippen LogP contribution in [0.3, 0.4) is 0 Å². The molecule has 2 aromatic heterocycles. The van der Waals surface area contributed by atoms with Gasteiger partial charge < -0.3 is 4.57 Å². The molecule has 6 heteroatoms. The number of hydrogen-bond acceptors (Lipinski definition) is 3. The highest BCUT2D eigenvalue weighted by Gasteiger charge is 2.24. The van der Waals surface area contributed by atoms with Crippen molar-refractivity contribution in [2.24, 2.45) is 0 Å². The maximum absolute atomic E-state index is 6.10. The fourth-order valence-electron chi connectivity index (χ4n) is 3.10. The molecule has 1 aliphatic rings. The number of rotatable bonds is 1. The summed E-state index contributed by atoms with van der Waals surface area (Å²) in [4.78, 5) is 12.6. The van der Waals surface area contributed by atoms with E-state index >= 15 is 0 Å². The molecule has 1 atom stereocenters. The predicted octanol–water partition coefficient (Wildman–Crippen LogP) is 4.06. The first-order valence-electron chi connectivity index (χ1n) is 6.87. The average molecular weight is 319 g/mol. The van der Waals surface area contributed by atoms with Gasteiger partial charge in [0.15, 0.2) is 10.8 Å². The van der Waals surface area contributed by atoms with Crippen LogP contribution in [0.5, 0.6) is 0 Å². The highest BCUT2D eigenvalue weighted by atomic mass is 35.5. The maximum Gasteiger partial charge on any atom is 0.225 e. The van der Waals surface area contributed by atoms with Crippen LogP contribution in [0.25, 0.3) is 11.2 Å². The van der Waals surface area contributed by atoms with Crippen LogP contribution in [0.4, 0.5) is 0 Å². The second-order valence-electron chi connectivity index (χ2n) is 5.21. The third-order valence-corrected chi connectivity index (χ3v) is 4.46. The topological polar surface area (TPSA) is 43.6 Å². The Morgan fingerprint density at radius 2 is 2.00 bits per heavy atom. The van der Waals surface area contributed by atoms with Gasteiger partial charge in [0.1, 0.15) is 5.52 Å². The highest BCUT2D eigenvalue weighted by molar-refractivity contribution is 6.35. The van der Waals surface area contributed by atoms with Crippen molar-refractivity contribution < 1.29 is 0 Å². The molecule has 106 valence electrons. The molecule has 0 saturated carbocycles. The summed E-state index contributed by atoms with van der Waals surface area (Å²) in [5.41, 5.74) is 4.02. The third-order valence-electron chi connectivity index (χ3n) is 4.03. The van der Waals surface area contributed by atoms with Crippen molar-refractivity contribution >= 4 is 34.4 Å². The fourth-order valence-corrected chi connectivity index (χ4v) is 3.52. The molecule has 0 fully saturated rings. The Kier molecular flexibility index (Phi) is 3.08. The van der Waals surface area contributed by atoms with Crippen LogP contribution in [-0.2, 0) is 6.42 Å². The molecule has 4 nitrogen and oxygen atoms in total. The molecule has 4 rings (SSSR count). The maximum atomic E-state index is 6.10. The first kappa shape index (κ1) is 13.0. The first-order chi connectivity index (χ1) is 10.2. The molecule has 0 bridgehead atoms. The van der Waals surface area contributed by atoms with Crippen molar-refractivity contribution in [3.63, 3.8) is 0 Å². The number of benzene rings is 1. The molecule has 0 unspecified atom stereocenters. The normalized spacial score (nSPS) is 17.9. The predicted molar refractivity (Wildman–Crippen MR) is 82.9 cm³/mol. The Morgan fingerprint density at radius 3 is 2.90 bits per heavy atom. The van der Waals surface area contributed by atoms with Gasteiger partial charge in [-0.15, -0.1) is 0 Å². The van der Waals surface area contributed by atoms with E-state index in [-0.39, 0.29) is 11.3 Å². The monoisotopic (exact) mass is 318 g/mol. The van der Waals surface area contributed by atoms with Gasteiger partial charge in [0.2, 0.25) is 5.28 Å². The number of aromatic nitrogens is 4. The van der Waals surface area contributed by atoms with Crippen LogP contribution in [0.15, 0.2) is 30.6 Å². The van der Waals surface area contributed by atoms with E-state index in [0.717, 1.165) is 19.3 Å². The minimum absolute atomic E-state index is 0.151. The van der Waals surface area contributed by atoms with Gasteiger partial charge in [-0.25, -0.2) is 9.97 Å². The van der Waals surface area contributed by atoms with Gasteiger partial charge >= 0.3 is 0 Å². The van der Waals surface area contributed by atoms with Crippen LogP contribution < -0.4 is 0 Å². The zero-order valence-corrected chi connectivity index (χ0v) is 12.6. The van der Waals surface area contributed by atoms with E-state index < -0.39 is 0 Å². The summed E-state index contributed by atoms with van der Waals surface area (Å²) >= 11 is 12.0. The van der Waals surface area contributed by atoms with Crippen molar-refractivity contribution in [1.29, 1.82) is 0 Å². The first-order valence-corrected chi connectivity index (χ1v) is 7.63. The lowest BCUT2D eigenvalue weighted by atomic mass is 9.87. The van der Waals surface area contributed by atoms with Crippen molar-refractivity contribution in [3.8, 4) is 0 Å². The van der Waals surface area contributed by atoms with Gasteiger partial charge in [-0.3, -0.25) is 0 Å². The standard InChI is InChI=1S/C15H12Cl2N4/c16-13-12-14(20-15(17)19-13)21(8-18-12)11-7-3-5-9-4-1-2-6-10(9)11/h1-2,4,6,8,11H,3,5,7H2/t11-/m0/s1. The Balaban J connectivity index is 1.92. The molecular weight excluding hydrogens is 307 g/mol. The minimum Gasteiger partial charge on any atom is -0.307 e. The zero-order chi connectivity index (χ0) is 14.4. The molecule has 0 aliphatic heterocycles. The van der Waals surface area contributed by atoms with E-state index in [1.165, 1.54) is 11.1 Å². The van der Waals surface area contributed by atoms with Crippen molar-refractivity contribution in [3.05, 3.63) is 52.2 Å². The summed E-state index contributed by atoms with van der Waals surface area (Å²) in [5.74, 6) is 0. The SMILES string of the molecule is Clc1nc(Cl)c2ncn([C@H]3CCCc4ccccc43)c2n1. The molecule has 1 aromatic carbocycles.